The Balaban J connectivity index is 1.50. The quantitative estimate of drug-likeness (QED) is 0.773. The summed E-state index contributed by atoms with van der Waals surface area (Å²) in [4.78, 5) is 12.9. The van der Waals surface area contributed by atoms with E-state index in [-0.39, 0.29) is 5.91 Å². The third kappa shape index (κ3) is 2.45. The van der Waals surface area contributed by atoms with E-state index < -0.39 is 0 Å². The minimum atomic E-state index is -0.0627. The number of rotatable bonds is 4. The molecule has 0 spiro atoms. The average molecular weight is 343 g/mol. The van der Waals surface area contributed by atoms with E-state index in [0.29, 0.717) is 24.1 Å². The van der Waals surface area contributed by atoms with Crippen molar-refractivity contribution in [2.75, 3.05) is 0 Å². The molecule has 2 aromatic carbocycles. The maximum atomic E-state index is 12.9. The smallest absolute Gasteiger partial charge is 0.272 e. The van der Waals surface area contributed by atoms with Crippen LogP contribution in [0.5, 0.6) is 0 Å². The topological polar surface area (TPSA) is 46.9 Å². The van der Waals surface area contributed by atoms with Gasteiger partial charge in [0.1, 0.15) is 0 Å². The number of aromatic nitrogens is 2. The van der Waals surface area contributed by atoms with Crippen LogP contribution in [-0.4, -0.2) is 15.7 Å². The number of hydrogen-bond donors (Lipinski definition) is 1. The van der Waals surface area contributed by atoms with E-state index in [9.17, 15) is 4.79 Å². The van der Waals surface area contributed by atoms with Crippen LogP contribution in [0.25, 0.3) is 5.69 Å². The third-order valence-corrected chi connectivity index (χ3v) is 5.70. The first-order valence-corrected chi connectivity index (χ1v) is 9.31. The number of carbonyl (C=O) groups is 1. The number of benzene rings is 2. The summed E-state index contributed by atoms with van der Waals surface area (Å²) in [5.41, 5.74) is 5.21. The van der Waals surface area contributed by atoms with E-state index in [1.807, 2.05) is 53.2 Å². The van der Waals surface area contributed by atoms with Crippen molar-refractivity contribution in [3.05, 3.63) is 83.2 Å². The summed E-state index contributed by atoms with van der Waals surface area (Å²) in [5.74, 6) is 0.968. The van der Waals surface area contributed by atoms with Crippen LogP contribution in [0.3, 0.4) is 0 Å². The van der Waals surface area contributed by atoms with Crippen molar-refractivity contribution in [2.45, 2.75) is 37.6 Å². The highest BCUT2D eigenvalue weighted by atomic mass is 16.1. The van der Waals surface area contributed by atoms with Gasteiger partial charge < -0.3 is 5.32 Å². The van der Waals surface area contributed by atoms with Crippen LogP contribution in [0.2, 0.25) is 0 Å². The monoisotopic (exact) mass is 343 g/mol. The molecule has 2 aliphatic rings. The van der Waals surface area contributed by atoms with Gasteiger partial charge in [-0.15, -0.1) is 0 Å². The number of carbonyl (C=O) groups excluding carboxylic acids is 1. The first kappa shape index (κ1) is 15.4. The van der Waals surface area contributed by atoms with Crippen molar-refractivity contribution in [1.82, 2.24) is 15.1 Å². The predicted molar refractivity (Wildman–Crippen MR) is 101 cm³/mol. The second-order valence-electron chi connectivity index (χ2n) is 7.27. The highest BCUT2D eigenvalue weighted by Gasteiger charge is 2.44. The van der Waals surface area contributed by atoms with Crippen molar-refractivity contribution in [3.8, 4) is 5.69 Å². The Kier molecular flexibility index (Phi) is 3.63. The molecule has 1 fully saturated rings. The SMILES string of the molecule is O=C(NCc1ccccc1)c1nn(-c2ccccc2)c2c1[C@H]1CC[C@H]2C1. The molecular formula is C22H21N3O. The van der Waals surface area contributed by atoms with Gasteiger partial charge in [-0.25, -0.2) is 4.68 Å². The molecule has 2 aliphatic carbocycles. The van der Waals surface area contributed by atoms with Crippen LogP contribution < -0.4 is 5.32 Å². The van der Waals surface area contributed by atoms with Gasteiger partial charge in [-0.05, 0) is 42.9 Å². The van der Waals surface area contributed by atoms with Gasteiger partial charge in [0.15, 0.2) is 5.69 Å². The maximum absolute atomic E-state index is 12.9. The lowest BCUT2D eigenvalue weighted by molar-refractivity contribution is 0.0944. The molecule has 2 atom stereocenters. The lowest BCUT2D eigenvalue weighted by atomic mass is 9.95. The largest absolute Gasteiger partial charge is 0.347 e. The van der Waals surface area contributed by atoms with Crippen molar-refractivity contribution >= 4 is 5.91 Å². The fraction of sp³-hybridized carbons (Fsp3) is 0.273. The third-order valence-electron chi connectivity index (χ3n) is 5.70. The average Bonchev–Trinajstić information content (AvgIpc) is 3.40. The molecule has 0 unspecified atom stereocenters. The van der Waals surface area contributed by atoms with Crippen LogP contribution in [0.1, 0.15) is 58.4 Å². The van der Waals surface area contributed by atoms with E-state index in [1.165, 1.54) is 30.5 Å². The molecule has 0 aliphatic heterocycles. The zero-order chi connectivity index (χ0) is 17.5. The summed E-state index contributed by atoms with van der Waals surface area (Å²) in [7, 11) is 0. The van der Waals surface area contributed by atoms with E-state index in [0.717, 1.165) is 11.3 Å². The lowest BCUT2D eigenvalue weighted by Gasteiger charge is -2.13. The van der Waals surface area contributed by atoms with Crippen molar-refractivity contribution in [2.24, 2.45) is 0 Å². The molecule has 4 nitrogen and oxygen atoms in total. The zero-order valence-corrected chi connectivity index (χ0v) is 14.6. The Morgan fingerprint density at radius 2 is 1.69 bits per heavy atom. The molecule has 3 aromatic rings. The zero-order valence-electron chi connectivity index (χ0n) is 14.6. The van der Waals surface area contributed by atoms with Crippen LogP contribution in [0, 0.1) is 0 Å². The fourth-order valence-corrected chi connectivity index (χ4v) is 4.53. The standard InChI is InChI=1S/C22H21N3O/c26-22(23-14-15-7-3-1-4-8-15)20-19-16-11-12-17(13-16)21(19)25(24-20)18-9-5-2-6-10-18/h1-10,16-17H,11-14H2,(H,23,26)/t16-,17-/m0/s1. The van der Waals surface area contributed by atoms with Gasteiger partial charge in [0, 0.05) is 18.0 Å². The van der Waals surface area contributed by atoms with Crippen LogP contribution in [0.4, 0.5) is 0 Å². The molecule has 26 heavy (non-hydrogen) atoms. The van der Waals surface area contributed by atoms with Gasteiger partial charge in [0.25, 0.3) is 5.91 Å². The molecule has 5 rings (SSSR count). The van der Waals surface area contributed by atoms with Crippen molar-refractivity contribution in [1.29, 1.82) is 0 Å². The van der Waals surface area contributed by atoms with Gasteiger partial charge in [-0.2, -0.15) is 5.10 Å². The van der Waals surface area contributed by atoms with Crippen LogP contribution >= 0.6 is 0 Å². The first-order chi connectivity index (χ1) is 12.8. The predicted octanol–water partition coefficient (Wildman–Crippen LogP) is 4.17. The van der Waals surface area contributed by atoms with Crippen LogP contribution in [0.15, 0.2) is 60.7 Å². The Morgan fingerprint density at radius 1 is 1.00 bits per heavy atom. The molecule has 4 heteroatoms. The minimum Gasteiger partial charge on any atom is -0.347 e. The first-order valence-electron chi connectivity index (χ1n) is 9.31. The molecule has 2 bridgehead atoms. The molecule has 1 N–H and O–H groups in total. The number of para-hydroxylation sites is 1. The molecule has 0 radical (unpaired) electrons. The van der Waals surface area contributed by atoms with E-state index in [1.54, 1.807) is 0 Å². The summed E-state index contributed by atoms with van der Waals surface area (Å²) in [5, 5.41) is 7.81. The summed E-state index contributed by atoms with van der Waals surface area (Å²) in [6.45, 7) is 0.529. The normalized spacial score (nSPS) is 20.2. The van der Waals surface area contributed by atoms with Crippen LogP contribution in [-0.2, 0) is 6.54 Å². The van der Waals surface area contributed by atoms with Gasteiger partial charge in [0.05, 0.1) is 11.4 Å². The van der Waals surface area contributed by atoms with E-state index in [2.05, 4.69) is 17.4 Å². The maximum Gasteiger partial charge on any atom is 0.272 e. The second kappa shape index (κ2) is 6.13. The molecule has 0 saturated heterocycles. The Bertz CT molecular complexity index is 946. The molecule has 1 heterocycles. The number of nitrogens with zero attached hydrogens (tertiary/aromatic N) is 2. The molecule has 1 amide bonds. The fourth-order valence-electron chi connectivity index (χ4n) is 4.53. The molecular weight excluding hydrogens is 322 g/mol. The number of nitrogens with one attached hydrogen (secondary N) is 1. The summed E-state index contributed by atoms with van der Waals surface area (Å²) >= 11 is 0. The molecule has 130 valence electrons. The molecule has 1 aromatic heterocycles. The van der Waals surface area contributed by atoms with Gasteiger partial charge >= 0.3 is 0 Å². The highest BCUT2D eigenvalue weighted by molar-refractivity contribution is 5.94. The lowest BCUT2D eigenvalue weighted by Crippen LogP contribution is -2.24. The highest BCUT2D eigenvalue weighted by Crippen LogP contribution is 2.54. The Hall–Kier alpha value is -2.88. The van der Waals surface area contributed by atoms with E-state index in [4.69, 9.17) is 5.10 Å². The molecule has 1 saturated carbocycles. The second-order valence-corrected chi connectivity index (χ2v) is 7.27. The summed E-state index contributed by atoms with van der Waals surface area (Å²) < 4.78 is 2.01. The number of fused-ring (bicyclic) bond motifs is 5. The van der Waals surface area contributed by atoms with Gasteiger partial charge in [0.2, 0.25) is 0 Å². The number of amides is 1. The van der Waals surface area contributed by atoms with E-state index >= 15 is 0 Å². The minimum absolute atomic E-state index is 0.0627. The number of hydrogen-bond acceptors (Lipinski definition) is 2. The van der Waals surface area contributed by atoms with Gasteiger partial charge in [-0.3, -0.25) is 4.79 Å². The summed E-state index contributed by atoms with van der Waals surface area (Å²) in [6.07, 6.45) is 3.55. The van der Waals surface area contributed by atoms with Gasteiger partial charge in [-0.1, -0.05) is 48.5 Å². The Morgan fingerprint density at radius 3 is 2.46 bits per heavy atom. The van der Waals surface area contributed by atoms with Crippen molar-refractivity contribution < 1.29 is 4.79 Å². The summed E-state index contributed by atoms with van der Waals surface area (Å²) in [6, 6.07) is 20.2. The Labute approximate surface area is 152 Å². The van der Waals surface area contributed by atoms with Crippen molar-refractivity contribution in [3.63, 3.8) is 0 Å².